The van der Waals surface area contributed by atoms with E-state index < -0.39 is 18.4 Å². The van der Waals surface area contributed by atoms with E-state index in [0.29, 0.717) is 17.2 Å². The number of rotatable bonds is 11. The fourth-order valence-electron chi connectivity index (χ4n) is 2.98. The summed E-state index contributed by atoms with van der Waals surface area (Å²) in [6.07, 6.45) is 3.31. The lowest BCUT2D eigenvalue weighted by atomic mass is 10.2. The molecular weight excluding hydrogens is 464 g/mol. The molecule has 11 heteroatoms. The molecule has 0 unspecified atom stereocenters. The number of aromatic nitrogens is 1. The second-order valence-corrected chi connectivity index (χ2v) is 6.98. The highest BCUT2D eigenvalue weighted by Crippen LogP contribution is 2.31. The SMILES string of the molecule is COc1ccc(NC(=O)CNC(=O)c2ccc(OC(F)F)c(OC)c2)cc1OCc1ccncc1. The Labute approximate surface area is 200 Å². The first kappa shape index (κ1) is 25.2. The first-order chi connectivity index (χ1) is 16.9. The minimum absolute atomic E-state index is 0.0417. The maximum absolute atomic E-state index is 12.5. The molecule has 1 heterocycles. The number of hydrogen-bond donors (Lipinski definition) is 2. The van der Waals surface area contributed by atoms with Crippen molar-refractivity contribution in [2.24, 2.45) is 0 Å². The highest BCUT2D eigenvalue weighted by molar-refractivity contribution is 5.99. The molecule has 3 aromatic rings. The molecule has 2 aromatic carbocycles. The van der Waals surface area contributed by atoms with E-state index >= 15 is 0 Å². The summed E-state index contributed by atoms with van der Waals surface area (Å²) in [4.78, 5) is 28.7. The number of carbonyl (C=O) groups is 2. The minimum atomic E-state index is -3.04. The predicted octanol–water partition coefficient (Wildman–Crippen LogP) is 3.65. The van der Waals surface area contributed by atoms with Crippen LogP contribution in [-0.4, -0.2) is 44.2 Å². The lowest BCUT2D eigenvalue weighted by Gasteiger charge is -2.13. The molecule has 9 nitrogen and oxygen atoms in total. The largest absolute Gasteiger partial charge is 0.493 e. The van der Waals surface area contributed by atoms with E-state index in [-0.39, 0.29) is 30.2 Å². The predicted molar refractivity (Wildman–Crippen MR) is 122 cm³/mol. The summed E-state index contributed by atoms with van der Waals surface area (Å²) in [6, 6.07) is 12.2. The summed E-state index contributed by atoms with van der Waals surface area (Å²) in [5, 5.41) is 5.12. The average molecular weight is 487 g/mol. The highest BCUT2D eigenvalue weighted by Gasteiger charge is 2.15. The van der Waals surface area contributed by atoms with E-state index in [9.17, 15) is 18.4 Å². The number of hydrogen-bond acceptors (Lipinski definition) is 7. The first-order valence-corrected chi connectivity index (χ1v) is 10.3. The maximum Gasteiger partial charge on any atom is 0.387 e. The molecule has 2 amide bonds. The minimum Gasteiger partial charge on any atom is -0.493 e. The molecule has 0 aliphatic heterocycles. The van der Waals surface area contributed by atoms with Gasteiger partial charge in [0.15, 0.2) is 23.0 Å². The van der Waals surface area contributed by atoms with Gasteiger partial charge in [-0.15, -0.1) is 0 Å². The Morgan fingerprint density at radius 3 is 2.31 bits per heavy atom. The van der Waals surface area contributed by atoms with Gasteiger partial charge in [0.05, 0.1) is 20.8 Å². The van der Waals surface area contributed by atoms with Crippen molar-refractivity contribution in [1.82, 2.24) is 10.3 Å². The third-order valence-electron chi connectivity index (χ3n) is 4.64. The quantitative estimate of drug-likeness (QED) is 0.425. The summed E-state index contributed by atoms with van der Waals surface area (Å²) in [6.45, 7) is -3.10. The molecule has 35 heavy (non-hydrogen) atoms. The van der Waals surface area contributed by atoms with Gasteiger partial charge >= 0.3 is 6.61 Å². The molecule has 0 aliphatic rings. The van der Waals surface area contributed by atoms with Crippen LogP contribution >= 0.6 is 0 Å². The lowest BCUT2D eigenvalue weighted by molar-refractivity contribution is -0.115. The van der Waals surface area contributed by atoms with Crippen molar-refractivity contribution < 1.29 is 37.3 Å². The van der Waals surface area contributed by atoms with E-state index in [1.807, 2.05) is 12.1 Å². The van der Waals surface area contributed by atoms with Crippen LogP contribution in [0.3, 0.4) is 0 Å². The summed E-state index contributed by atoms with van der Waals surface area (Å²) in [5.41, 5.74) is 1.45. The van der Waals surface area contributed by atoms with Crippen LogP contribution in [0, 0.1) is 0 Å². The zero-order chi connectivity index (χ0) is 25.2. The van der Waals surface area contributed by atoms with Crippen molar-refractivity contribution in [3.8, 4) is 23.0 Å². The van der Waals surface area contributed by atoms with Crippen LogP contribution in [0.4, 0.5) is 14.5 Å². The molecule has 0 bridgehead atoms. The number of halogens is 2. The average Bonchev–Trinajstić information content (AvgIpc) is 2.86. The molecule has 0 saturated heterocycles. The van der Waals surface area contributed by atoms with Gasteiger partial charge in [0, 0.05) is 29.7 Å². The Balaban J connectivity index is 1.58. The molecule has 0 spiro atoms. The number of benzene rings is 2. The van der Waals surface area contributed by atoms with Crippen molar-refractivity contribution in [2.75, 3.05) is 26.1 Å². The van der Waals surface area contributed by atoms with Crippen molar-refractivity contribution in [1.29, 1.82) is 0 Å². The van der Waals surface area contributed by atoms with Crippen LogP contribution < -0.4 is 29.6 Å². The van der Waals surface area contributed by atoms with E-state index in [0.717, 1.165) is 5.56 Å². The second-order valence-electron chi connectivity index (χ2n) is 6.98. The van der Waals surface area contributed by atoms with Gasteiger partial charge in [-0.25, -0.2) is 0 Å². The molecule has 184 valence electrons. The van der Waals surface area contributed by atoms with Gasteiger partial charge in [0.1, 0.15) is 6.61 Å². The van der Waals surface area contributed by atoms with Gasteiger partial charge < -0.3 is 29.6 Å². The van der Waals surface area contributed by atoms with Gasteiger partial charge in [-0.1, -0.05) is 0 Å². The molecule has 0 fully saturated rings. The Morgan fingerprint density at radius 2 is 1.63 bits per heavy atom. The van der Waals surface area contributed by atoms with Crippen molar-refractivity contribution >= 4 is 17.5 Å². The number of amides is 2. The summed E-state index contributed by atoms with van der Waals surface area (Å²) in [7, 11) is 2.76. The summed E-state index contributed by atoms with van der Waals surface area (Å²) >= 11 is 0. The number of ether oxygens (including phenoxy) is 4. The summed E-state index contributed by atoms with van der Waals surface area (Å²) < 4.78 is 45.3. The molecule has 0 aliphatic carbocycles. The third kappa shape index (κ3) is 7.29. The third-order valence-corrected chi connectivity index (χ3v) is 4.64. The van der Waals surface area contributed by atoms with Crippen molar-refractivity contribution in [3.05, 3.63) is 72.1 Å². The second kappa shape index (κ2) is 12.2. The van der Waals surface area contributed by atoms with E-state index in [1.54, 1.807) is 30.6 Å². The van der Waals surface area contributed by atoms with Crippen LogP contribution in [0.1, 0.15) is 15.9 Å². The van der Waals surface area contributed by atoms with E-state index in [1.165, 1.54) is 32.4 Å². The van der Waals surface area contributed by atoms with Gasteiger partial charge in [-0.3, -0.25) is 14.6 Å². The highest BCUT2D eigenvalue weighted by atomic mass is 19.3. The number of alkyl halides is 2. The van der Waals surface area contributed by atoms with Crippen LogP contribution in [0.2, 0.25) is 0 Å². The molecule has 1 aromatic heterocycles. The maximum atomic E-state index is 12.5. The fraction of sp³-hybridized carbons (Fsp3) is 0.208. The van der Waals surface area contributed by atoms with Crippen molar-refractivity contribution in [2.45, 2.75) is 13.2 Å². The van der Waals surface area contributed by atoms with Crippen molar-refractivity contribution in [3.63, 3.8) is 0 Å². The number of anilines is 1. The number of carbonyl (C=O) groups excluding carboxylic acids is 2. The van der Waals surface area contributed by atoms with Gasteiger partial charge in [0.25, 0.3) is 5.91 Å². The number of nitrogens with zero attached hydrogens (tertiary/aromatic N) is 1. The zero-order valence-electron chi connectivity index (χ0n) is 18.9. The van der Waals surface area contributed by atoms with E-state index in [2.05, 4.69) is 20.4 Å². The molecular formula is C24H23F2N3O6. The standard InChI is InChI=1S/C24H23F2N3O6/c1-32-18-6-4-17(12-21(18)34-14-15-7-9-27-10-8-15)29-22(30)13-28-23(31)16-3-5-19(35-24(25)26)20(11-16)33-2/h3-12,24H,13-14H2,1-2H3,(H,28,31)(H,29,30). The van der Waals surface area contributed by atoms with Crippen LogP contribution in [0.5, 0.6) is 23.0 Å². The van der Waals surface area contributed by atoms with E-state index in [4.69, 9.17) is 14.2 Å². The molecule has 2 N–H and O–H groups in total. The Hall–Kier alpha value is -4.41. The Kier molecular flexibility index (Phi) is 8.76. The molecule has 0 atom stereocenters. The van der Waals surface area contributed by atoms with Crippen LogP contribution in [-0.2, 0) is 11.4 Å². The van der Waals surface area contributed by atoms with Gasteiger partial charge in [-0.05, 0) is 48.0 Å². The number of nitrogens with one attached hydrogen (secondary N) is 2. The normalized spacial score (nSPS) is 10.4. The van der Waals surface area contributed by atoms with Crippen LogP contribution in [0.15, 0.2) is 60.9 Å². The molecule has 0 saturated carbocycles. The van der Waals surface area contributed by atoms with Crippen LogP contribution in [0.25, 0.3) is 0 Å². The smallest absolute Gasteiger partial charge is 0.387 e. The molecule has 3 rings (SSSR count). The number of pyridine rings is 1. The lowest BCUT2D eigenvalue weighted by Crippen LogP contribution is -2.32. The Morgan fingerprint density at radius 1 is 0.914 bits per heavy atom. The molecule has 0 radical (unpaired) electrons. The van der Waals surface area contributed by atoms with Gasteiger partial charge in [0.2, 0.25) is 5.91 Å². The monoisotopic (exact) mass is 487 g/mol. The van der Waals surface area contributed by atoms with Gasteiger partial charge in [-0.2, -0.15) is 8.78 Å². The fourth-order valence-corrected chi connectivity index (χ4v) is 2.98. The Bertz CT molecular complexity index is 1160. The summed E-state index contributed by atoms with van der Waals surface area (Å²) in [5.74, 6) is -0.438. The topological polar surface area (TPSA) is 108 Å². The zero-order valence-corrected chi connectivity index (χ0v) is 18.9. The first-order valence-electron chi connectivity index (χ1n) is 10.3. The number of methoxy groups -OCH3 is 2.